The van der Waals surface area contributed by atoms with Gasteiger partial charge >= 0.3 is 0 Å². The van der Waals surface area contributed by atoms with Gasteiger partial charge in [-0.15, -0.1) is 0 Å². The van der Waals surface area contributed by atoms with Gasteiger partial charge in [0.25, 0.3) is 5.91 Å². The zero-order valence-electron chi connectivity index (χ0n) is 15.6. The first kappa shape index (κ1) is 19.2. The predicted octanol–water partition coefficient (Wildman–Crippen LogP) is 5.14. The number of ether oxygens (including phenoxy) is 1. The summed E-state index contributed by atoms with van der Waals surface area (Å²) >= 11 is 5.76. The van der Waals surface area contributed by atoms with E-state index in [1.807, 2.05) is 37.3 Å². The third-order valence-corrected chi connectivity index (χ3v) is 4.97. The van der Waals surface area contributed by atoms with Crippen LogP contribution in [0.4, 0.5) is 4.39 Å². The van der Waals surface area contributed by atoms with Crippen LogP contribution in [0.1, 0.15) is 29.3 Å². The van der Waals surface area contributed by atoms with Crippen LogP contribution in [0.2, 0.25) is 5.02 Å². The molecule has 1 aromatic heterocycles. The minimum Gasteiger partial charge on any atom is -0.484 e. The summed E-state index contributed by atoms with van der Waals surface area (Å²) in [5.41, 5.74) is 2.90. The van der Waals surface area contributed by atoms with E-state index in [-0.39, 0.29) is 23.6 Å². The molecule has 1 aliphatic rings. The Hall–Kier alpha value is -3.12. The van der Waals surface area contributed by atoms with E-state index < -0.39 is 5.82 Å². The Morgan fingerprint density at radius 1 is 1.28 bits per heavy atom. The highest BCUT2D eigenvalue weighted by molar-refractivity contribution is 6.30. The summed E-state index contributed by atoms with van der Waals surface area (Å²) in [6.07, 6.45) is 2.10. The van der Waals surface area contributed by atoms with Crippen LogP contribution in [-0.2, 0) is 4.79 Å². The molecule has 1 atom stereocenters. The van der Waals surface area contributed by atoms with E-state index >= 15 is 0 Å². The van der Waals surface area contributed by atoms with Gasteiger partial charge in [0.15, 0.2) is 6.61 Å². The number of hydrazone groups is 1. The summed E-state index contributed by atoms with van der Waals surface area (Å²) in [6, 6.07) is 15.2. The molecule has 7 heteroatoms. The van der Waals surface area contributed by atoms with Crippen molar-refractivity contribution in [3.63, 3.8) is 0 Å². The molecule has 0 radical (unpaired) electrons. The maximum Gasteiger partial charge on any atom is 0.281 e. The van der Waals surface area contributed by atoms with Crippen LogP contribution in [0, 0.1) is 12.7 Å². The first-order valence-corrected chi connectivity index (χ1v) is 9.47. The number of hydrogen-bond acceptors (Lipinski definition) is 4. The SMILES string of the molecule is Cc1ccc(C2=NN(C(=O)COc3ccc(F)c(Cl)c3)[C@@H](c3ccco3)C2)cc1. The molecule has 1 amide bonds. The van der Waals surface area contributed by atoms with Crippen molar-refractivity contribution in [2.24, 2.45) is 5.10 Å². The van der Waals surface area contributed by atoms with Crippen LogP contribution in [-0.4, -0.2) is 23.2 Å². The fourth-order valence-electron chi connectivity index (χ4n) is 3.14. The molecule has 148 valence electrons. The van der Waals surface area contributed by atoms with Crippen molar-refractivity contribution in [2.45, 2.75) is 19.4 Å². The standard InChI is InChI=1S/C22H18ClFN2O3/c1-14-4-6-15(7-5-14)19-12-20(21-3-2-10-28-21)26(25-19)22(27)13-29-16-8-9-18(24)17(23)11-16/h2-11,20H,12-13H2,1H3/t20-/m1/s1. The molecule has 2 heterocycles. The first-order chi connectivity index (χ1) is 14.0. The lowest BCUT2D eigenvalue weighted by Gasteiger charge is -2.20. The van der Waals surface area contributed by atoms with E-state index in [1.54, 1.807) is 12.3 Å². The van der Waals surface area contributed by atoms with Gasteiger partial charge in [-0.3, -0.25) is 4.79 Å². The largest absolute Gasteiger partial charge is 0.484 e. The fourth-order valence-corrected chi connectivity index (χ4v) is 3.31. The van der Waals surface area contributed by atoms with Gasteiger partial charge in [0.2, 0.25) is 0 Å². The summed E-state index contributed by atoms with van der Waals surface area (Å²) in [5.74, 6) is 0.0688. The second kappa shape index (κ2) is 8.09. The van der Waals surface area contributed by atoms with Gasteiger partial charge < -0.3 is 9.15 Å². The van der Waals surface area contributed by atoms with E-state index in [0.717, 1.165) is 16.8 Å². The van der Waals surface area contributed by atoms with Crippen molar-refractivity contribution >= 4 is 23.2 Å². The third-order valence-electron chi connectivity index (χ3n) is 4.68. The normalized spacial score (nSPS) is 16.0. The van der Waals surface area contributed by atoms with Crippen molar-refractivity contribution in [3.05, 3.63) is 88.6 Å². The Morgan fingerprint density at radius 2 is 2.07 bits per heavy atom. The molecule has 0 unspecified atom stereocenters. The summed E-state index contributed by atoms with van der Waals surface area (Å²) < 4.78 is 24.3. The Labute approximate surface area is 172 Å². The third kappa shape index (κ3) is 4.17. The smallest absolute Gasteiger partial charge is 0.281 e. The van der Waals surface area contributed by atoms with E-state index in [2.05, 4.69) is 5.10 Å². The summed E-state index contributed by atoms with van der Waals surface area (Å²) in [5, 5.41) is 5.87. The molecule has 0 bridgehead atoms. The number of furan rings is 1. The maximum absolute atomic E-state index is 13.3. The molecule has 4 rings (SSSR count). The lowest BCUT2D eigenvalue weighted by molar-refractivity contribution is -0.135. The minimum atomic E-state index is -0.546. The molecule has 0 saturated carbocycles. The zero-order chi connectivity index (χ0) is 20.4. The van der Waals surface area contributed by atoms with Crippen molar-refractivity contribution in [1.82, 2.24) is 5.01 Å². The van der Waals surface area contributed by atoms with Crippen molar-refractivity contribution in [1.29, 1.82) is 0 Å². The number of rotatable bonds is 5. The molecular weight excluding hydrogens is 395 g/mol. The van der Waals surface area contributed by atoms with Crippen LogP contribution < -0.4 is 4.74 Å². The average Bonchev–Trinajstić information content (AvgIpc) is 3.39. The minimum absolute atomic E-state index is 0.0655. The highest BCUT2D eigenvalue weighted by Crippen LogP contribution is 2.33. The van der Waals surface area contributed by atoms with Gasteiger partial charge in [-0.25, -0.2) is 9.40 Å². The summed E-state index contributed by atoms with van der Waals surface area (Å²) in [4.78, 5) is 12.9. The Morgan fingerprint density at radius 3 is 2.76 bits per heavy atom. The van der Waals surface area contributed by atoms with Gasteiger partial charge in [-0.1, -0.05) is 41.4 Å². The van der Waals surface area contributed by atoms with Gasteiger partial charge in [-0.2, -0.15) is 5.10 Å². The molecule has 0 aliphatic carbocycles. The van der Waals surface area contributed by atoms with Crippen molar-refractivity contribution < 1.29 is 18.3 Å². The van der Waals surface area contributed by atoms with Crippen molar-refractivity contribution in [2.75, 3.05) is 6.61 Å². The summed E-state index contributed by atoms with van der Waals surface area (Å²) in [7, 11) is 0. The molecular formula is C22H18ClFN2O3. The van der Waals surface area contributed by atoms with Gasteiger partial charge in [-0.05, 0) is 36.8 Å². The number of carbonyl (C=O) groups excluding carboxylic acids is 1. The van der Waals surface area contributed by atoms with Gasteiger partial charge in [0.05, 0.1) is 17.0 Å². The number of aryl methyl sites for hydroxylation is 1. The second-order valence-corrected chi connectivity index (χ2v) is 7.16. The molecule has 3 aromatic rings. The summed E-state index contributed by atoms with van der Waals surface area (Å²) in [6.45, 7) is 1.75. The van der Waals surface area contributed by atoms with E-state index in [0.29, 0.717) is 17.9 Å². The molecule has 5 nitrogen and oxygen atoms in total. The number of hydrogen-bond donors (Lipinski definition) is 0. The molecule has 29 heavy (non-hydrogen) atoms. The molecule has 0 spiro atoms. The van der Waals surface area contributed by atoms with Gasteiger partial charge in [0.1, 0.15) is 23.4 Å². The Balaban J connectivity index is 1.54. The molecule has 2 aromatic carbocycles. The molecule has 0 N–H and O–H groups in total. The maximum atomic E-state index is 13.3. The van der Waals surface area contributed by atoms with E-state index in [1.165, 1.54) is 23.2 Å². The van der Waals surface area contributed by atoms with Crippen LogP contribution in [0.5, 0.6) is 5.75 Å². The van der Waals surface area contributed by atoms with E-state index in [9.17, 15) is 9.18 Å². The zero-order valence-corrected chi connectivity index (χ0v) is 16.4. The van der Waals surface area contributed by atoms with E-state index in [4.69, 9.17) is 20.8 Å². The topological polar surface area (TPSA) is 55.0 Å². The lowest BCUT2D eigenvalue weighted by Crippen LogP contribution is -2.31. The molecule has 1 aliphatic heterocycles. The molecule has 0 fully saturated rings. The molecule has 0 saturated heterocycles. The van der Waals surface area contributed by atoms with Crippen molar-refractivity contribution in [3.8, 4) is 5.75 Å². The Kier molecular flexibility index (Phi) is 5.36. The predicted molar refractivity (Wildman–Crippen MR) is 108 cm³/mol. The van der Waals surface area contributed by atoms with Crippen LogP contribution >= 0.6 is 11.6 Å². The number of halogens is 2. The number of amides is 1. The Bertz CT molecular complexity index is 1050. The highest BCUT2D eigenvalue weighted by atomic mass is 35.5. The van der Waals surface area contributed by atoms with Crippen LogP contribution in [0.3, 0.4) is 0 Å². The first-order valence-electron chi connectivity index (χ1n) is 9.09. The van der Waals surface area contributed by atoms with Gasteiger partial charge in [0, 0.05) is 12.5 Å². The number of carbonyl (C=O) groups is 1. The fraction of sp³-hybridized carbons (Fsp3) is 0.182. The second-order valence-electron chi connectivity index (χ2n) is 6.75. The van der Waals surface area contributed by atoms with Crippen LogP contribution in [0.15, 0.2) is 70.4 Å². The average molecular weight is 413 g/mol. The quantitative estimate of drug-likeness (QED) is 0.583. The van der Waals surface area contributed by atoms with Crippen LogP contribution in [0.25, 0.3) is 0 Å². The lowest BCUT2D eigenvalue weighted by atomic mass is 10.0. The number of benzene rings is 2. The highest BCUT2D eigenvalue weighted by Gasteiger charge is 2.35. The monoisotopic (exact) mass is 412 g/mol. The number of nitrogens with zero attached hydrogens (tertiary/aromatic N) is 2.